The predicted molar refractivity (Wildman–Crippen MR) is 75.0 cm³/mol. The predicted octanol–water partition coefficient (Wildman–Crippen LogP) is 2.54. The van der Waals surface area contributed by atoms with Gasteiger partial charge in [-0.3, -0.25) is 4.79 Å². The van der Waals surface area contributed by atoms with Crippen molar-refractivity contribution >= 4 is 23.2 Å². The molecule has 0 bridgehead atoms. The van der Waals surface area contributed by atoms with Crippen LogP contribution in [0.4, 0.5) is 5.69 Å². The summed E-state index contributed by atoms with van der Waals surface area (Å²) in [5.41, 5.74) is 1.01. The lowest BCUT2D eigenvalue weighted by Crippen LogP contribution is -2.39. The largest absolute Gasteiger partial charge is 0.325 e. The maximum Gasteiger partial charge on any atom is 0.241 e. The van der Waals surface area contributed by atoms with Gasteiger partial charge in [-0.2, -0.15) is 5.26 Å². The van der Waals surface area contributed by atoms with Gasteiger partial charge in [-0.15, -0.1) is 0 Å². The second-order valence-electron chi connectivity index (χ2n) is 4.87. The lowest BCUT2D eigenvalue weighted by atomic mass is 10.2. The summed E-state index contributed by atoms with van der Waals surface area (Å²) in [5.74, 6) is 0.640. The Morgan fingerprint density at radius 2 is 2.32 bits per heavy atom. The van der Waals surface area contributed by atoms with Crippen molar-refractivity contribution in [3.8, 4) is 6.07 Å². The number of hydrogen-bond acceptors (Lipinski definition) is 3. The molecule has 0 radical (unpaired) electrons. The highest BCUT2D eigenvalue weighted by atomic mass is 35.5. The number of hydrogen-bond donors (Lipinski definition) is 2. The number of rotatable bonds is 5. The van der Waals surface area contributed by atoms with E-state index in [1.54, 1.807) is 18.2 Å². The standard InChI is InChI=1S/C14H16ClN3O/c1-9(17-8-10-2-3-10)14(19)18-12-5-4-11(7-16)13(15)6-12/h4-6,9-10,17H,2-3,8H2,1H3,(H,18,19)/t9-/m0/s1. The Hall–Kier alpha value is -1.57. The van der Waals surface area contributed by atoms with Crippen molar-refractivity contribution in [1.29, 1.82) is 5.26 Å². The molecule has 1 aromatic rings. The first-order chi connectivity index (χ1) is 9.10. The second kappa shape index (κ2) is 6.05. The van der Waals surface area contributed by atoms with Gasteiger partial charge in [0, 0.05) is 5.69 Å². The number of benzene rings is 1. The molecule has 0 aliphatic heterocycles. The Bertz CT molecular complexity index is 520. The second-order valence-corrected chi connectivity index (χ2v) is 5.28. The van der Waals surface area contributed by atoms with Crippen LogP contribution in [0.15, 0.2) is 18.2 Å². The lowest BCUT2D eigenvalue weighted by Gasteiger charge is -2.14. The molecule has 0 spiro atoms. The van der Waals surface area contributed by atoms with Crippen molar-refractivity contribution < 1.29 is 4.79 Å². The smallest absolute Gasteiger partial charge is 0.241 e. The van der Waals surface area contributed by atoms with E-state index in [1.165, 1.54) is 12.8 Å². The van der Waals surface area contributed by atoms with E-state index in [2.05, 4.69) is 10.6 Å². The minimum absolute atomic E-state index is 0.0959. The molecule has 1 amide bonds. The Labute approximate surface area is 117 Å². The van der Waals surface area contributed by atoms with Crippen molar-refractivity contribution in [2.75, 3.05) is 11.9 Å². The highest BCUT2D eigenvalue weighted by Crippen LogP contribution is 2.27. The van der Waals surface area contributed by atoms with Crippen LogP contribution in [-0.2, 0) is 4.79 Å². The van der Waals surface area contributed by atoms with Gasteiger partial charge in [0.15, 0.2) is 0 Å². The van der Waals surface area contributed by atoms with Gasteiger partial charge in [-0.25, -0.2) is 0 Å². The summed E-state index contributed by atoms with van der Waals surface area (Å²) in [4.78, 5) is 11.9. The summed E-state index contributed by atoms with van der Waals surface area (Å²) in [6.45, 7) is 2.73. The van der Waals surface area contributed by atoms with Gasteiger partial charge in [-0.05, 0) is 50.4 Å². The molecule has 1 aromatic carbocycles. The molecule has 1 saturated carbocycles. The molecule has 0 heterocycles. The average molecular weight is 278 g/mol. The molecule has 2 N–H and O–H groups in total. The molecule has 5 heteroatoms. The van der Waals surface area contributed by atoms with E-state index in [-0.39, 0.29) is 11.9 Å². The van der Waals surface area contributed by atoms with Crippen molar-refractivity contribution in [2.24, 2.45) is 5.92 Å². The van der Waals surface area contributed by atoms with Crippen LogP contribution >= 0.6 is 11.6 Å². The van der Waals surface area contributed by atoms with E-state index in [9.17, 15) is 4.79 Å². The van der Waals surface area contributed by atoms with E-state index < -0.39 is 0 Å². The van der Waals surface area contributed by atoms with Crippen molar-refractivity contribution in [2.45, 2.75) is 25.8 Å². The third kappa shape index (κ3) is 3.95. The topological polar surface area (TPSA) is 64.9 Å². The Morgan fingerprint density at radius 3 is 2.89 bits per heavy atom. The van der Waals surface area contributed by atoms with E-state index in [4.69, 9.17) is 16.9 Å². The minimum Gasteiger partial charge on any atom is -0.325 e. The molecule has 19 heavy (non-hydrogen) atoms. The van der Waals surface area contributed by atoms with E-state index in [1.807, 2.05) is 13.0 Å². The molecule has 100 valence electrons. The molecule has 1 aliphatic carbocycles. The number of amides is 1. The number of anilines is 1. The van der Waals surface area contributed by atoms with Crippen molar-refractivity contribution in [1.82, 2.24) is 5.32 Å². The van der Waals surface area contributed by atoms with Gasteiger partial charge in [0.1, 0.15) is 6.07 Å². The first-order valence-corrected chi connectivity index (χ1v) is 6.72. The zero-order valence-corrected chi connectivity index (χ0v) is 11.5. The van der Waals surface area contributed by atoms with Crippen LogP contribution < -0.4 is 10.6 Å². The van der Waals surface area contributed by atoms with Gasteiger partial charge >= 0.3 is 0 Å². The first-order valence-electron chi connectivity index (χ1n) is 6.34. The van der Waals surface area contributed by atoms with Gasteiger partial charge < -0.3 is 10.6 Å². The average Bonchev–Trinajstić information content (AvgIpc) is 3.20. The quantitative estimate of drug-likeness (QED) is 0.869. The highest BCUT2D eigenvalue weighted by molar-refractivity contribution is 6.32. The maximum absolute atomic E-state index is 11.9. The molecule has 0 aromatic heterocycles. The zero-order chi connectivity index (χ0) is 13.8. The van der Waals surface area contributed by atoms with Crippen LogP contribution in [0, 0.1) is 17.2 Å². The number of carbonyl (C=O) groups is 1. The van der Waals surface area contributed by atoms with Crippen molar-refractivity contribution in [3.63, 3.8) is 0 Å². The summed E-state index contributed by atoms with van der Waals surface area (Å²) >= 11 is 5.91. The monoisotopic (exact) mass is 277 g/mol. The minimum atomic E-state index is -0.241. The first kappa shape index (κ1) is 13.9. The highest BCUT2D eigenvalue weighted by Gasteiger charge is 2.23. The Kier molecular flexibility index (Phi) is 4.41. The fraction of sp³-hybridized carbons (Fsp3) is 0.429. The molecule has 1 atom stereocenters. The molecular weight excluding hydrogens is 262 g/mol. The lowest BCUT2D eigenvalue weighted by molar-refractivity contribution is -0.117. The summed E-state index contributed by atoms with van der Waals surface area (Å²) < 4.78 is 0. The van der Waals surface area contributed by atoms with Crippen LogP contribution in [0.25, 0.3) is 0 Å². The fourth-order valence-corrected chi connectivity index (χ4v) is 1.91. The van der Waals surface area contributed by atoms with Crippen LogP contribution in [0.1, 0.15) is 25.3 Å². The molecule has 1 fully saturated rings. The Balaban J connectivity index is 1.90. The van der Waals surface area contributed by atoms with Crippen LogP contribution in [0.2, 0.25) is 5.02 Å². The normalized spacial score (nSPS) is 15.6. The van der Waals surface area contributed by atoms with E-state index in [0.717, 1.165) is 12.5 Å². The van der Waals surface area contributed by atoms with Crippen LogP contribution in [0.5, 0.6) is 0 Å². The maximum atomic E-state index is 11.9. The summed E-state index contributed by atoms with van der Waals surface area (Å²) in [7, 11) is 0. The van der Waals surface area contributed by atoms with Gasteiger partial charge in [0.05, 0.1) is 16.6 Å². The molecule has 2 rings (SSSR count). The van der Waals surface area contributed by atoms with E-state index in [0.29, 0.717) is 16.3 Å². The molecule has 4 nitrogen and oxygen atoms in total. The fourth-order valence-electron chi connectivity index (χ4n) is 1.69. The molecule has 0 saturated heterocycles. The number of nitrogens with one attached hydrogen (secondary N) is 2. The van der Waals surface area contributed by atoms with E-state index >= 15 is 0 Å². The molecule has 0 unspecified atom stereocenters. The van der Waals surface area contributed by atoms with Crippen LogP contribution in [-0.4, -0.2) is 18.5 Å². The molecular formula is C14H16ClN3O. The third-order valence-corrected chi connectivity index (χ3v) is 3.47. The van der Waals surface area contributed by atoms with Gasteiger partial charge in [0.25, 0.3) is 0 Å². The summed E-state index contributed by atoms with van der Waals surface area (Å²) in [6, 6.07) is 6.60. The van der Waals surface area contributed by atoms with Gasteiger partial charge in [-0.1, -0.05) is 11.6 Å². The van der Waals surface area contributed by atoms with Gasteiger partial charge in [0.2, 0.25) is 5.91 Å². The molecule has 1 aliphatic rings. The summed E-state index contributed by atoms with van der Waals surface area (Å²) in [6.07, 6.45) is 2.51. The van der Waals surface area contributed by atoms with Crippen LogP contribution in [0.3, 0.4) is 0 Å². The summed E-state index contributed by atoms with van der Waals surface area (Å²) in [5, 5.41) is 15.1. The number of nitrogens with zero attached hydrogens (tertiary/aromatic N) is 1. The number of nitriles is 1. The Morgan fingerprint density at radius 1 is 1.58 bits per heavy atom. The number of halogens is 1. The number of carbonyl (C=O) groups excluding carboxylic acids is 1. The third-order valence-electron chi connectivity index (χ3n) is 3.16. The SMILES string of the molecule is C[C@H](NCC1CC1)C(=O)Nc1ccc(C#N)c(Cl)c1. The van der Waals surface area contributed by atoms with Crippen molar-refractivity contribution in [3.05, 3.63) is 28.8 Å². The zero-order valence-electron chi connectivity index (χ0n) is 10.7.